The number of hydrogen-bond acceptors (Lipinski definition) is 1. The predicted octanol–water partition coefficient (Wildman–Crippen LogP) is 4.19. The molecule has 5 heteroatoms. The van der Waals surface area contributed by atoms with Crippen molar-refractivity contribution in [1.29, 1.82) is 0 Å². The summed E-state index contributed by atoms with van der Waals surface area (Å²) in [5, 5.41) is 8.12. The Morgan fingerprint density at radius 1 is 1.12 bits per heavy atom. The van der Waals surface area contributed by atoms with Crippen molar-refractivity contribution in [3.05, 3.63) is 0 Å². The third-order valence-electron chi connectivity index (χ3n) is 2.74. The first-order valence-electron chi connectivity index (χ1n) is 6.18. The van der Waals surface area contributed by atoms with Gasteiger partial charge in [0.05, 0.1) is 0 Å². The van der Waals surface area contributed by atoms with E-state index in [2.05, 4.69) is 6.92 Å². The highest BCUT2D eigenvalue weighted by Gasteiger charge is 2.47. The Bertz CT molecular complexity index is 220. The van der Waals surface area contributed by atoms with Crippen LogP contribution in [-0.2, 0) is 4.79 Å². The first-order chi connectivity index (χ1) is 7.92. The minimum atomic E-state index is -4.25. The van der Waals surface area contributed by atoms with Crippen LogP contribution in [0.4, 0.5) is 13.2 Å². The summed E-state index contributed by atoms with van der Waals surface area (Å²) in [4.78, 5) is 10.1. The molecule has 0 saturated heterocycles. The molecule has 1 unspecified atom stereocenters. The Kier molecular flexibility index (Phi) is 8.00. The van der Waals surface area contributed by atoms with Gasteiger partial charge in [0.25, 0.3) is 0 Å². The van der Waals surface area contributed by atoms with E-state index in [9.17, 15) is 18.0 Å². The molecule has 0 fully saturated rings. The maximum Gasteiger partial charge on any atom is 0.377 e. The summed E-state index contributed by atoms with van der Waals surface area (Å²) in [6.07, 6.45) is 3.37. The molecule has 0 radical (unpaired) electrons. The van der Waals surface area contributed by atoms with Crippen LogP contribution in [-0.4, -0.2) is 23.2 Å². The van der Waals surface area contributed by atoms with Gasteiger partial charge in [-0.1, -0.05) is 51.9 Å². The number of hydrogen-bond donors (Lipinski definition) is 1. The average molecular weight is 254 g/mol. The molecule has 0 aromatic heterocycles. The fourth-order valence-electron chi connectivity index (χ4n) is 1.60. The summed E-state index contributed by atoms with van der Waals surface area (Å²) in [6, 6.07) is 0. The molecule has 0 amide bonds. The maximum atomic E-state index is 12.9. The Hall–Kier alpha value is -0.740. The van der Waals surface area contributed by atoms with Crippen LogP contribution in [0.2, 0.25) is 0 Å². The number of aliphatic carboxylic acids is 1. The standard InChI is InChI=1S/C12H21F3O2/c1-2-3-4-5-6-7-8-9-10(13)12(14,15)11(16)17/h10H,2-9H2,1H3,(H,16,17). The number of carbonyl (C=O) groups is 1. The number of halogens is 3. The molecule has 102 valence electrons. The average Bonchev–Trinajstić information content (AvgIpc) is 2.27. The Balaban J connectivity index is 3.58. The van der Waals surface area contributed by atoms with Gasteiger partial charge in [-0.05, 0) is 6.42 Å². The van der Waals surface area contributed by atoms with E-state index in [0.29, 0.717) is 12.8 Å². The fraction of sp³-hybridized carbons (Fsp3) is 0.917. The quantitative estimate of drug-likeness (QED) is 0.594. The van der Waals surface area contributed by atoms with Crippen LogP contribution >= 0.6 is 0 Å². The number of carboxylic acid groups (broad SMARTS) is 1. The Morgan fingerprint density at radius 2 is 1.59 bits per heavy atom. The summed E-state index contributed by atoms with van der Waals surface area (Å²) in [5.74, 6) is -6.63. The van der Waals surface area contributed by atoms with Gasteiger partial charge in [-0.2, -0.15) is 8.78 Å². The van der Waals surface area contributed by atoms with E-state index in [1.54, 1.807) is 0 Å². The van der Waals surface area contributed by atoms with E-state index < -0.39 is 18.1 Å². The van der Waals surface area contributed by atoms with E-state index in [1.165, 1.54) is 0 Å². The smallest absolute Gasteiger partial charge is 0.377 e. The second kappa shape index (κ2) is 8.37. The molecule has 0 aliphatic rings. The van der Waals surface area contributed by atoms with E-state index in [4.69, 9.17) is 5.11 Å². The SMILES string of the molecule is CCCCCCCCCC(F)C(F)(F)C(=O)O. The summed E-state index contributed by atoms with van der Waals surface area (Å²) >= 11 is 0. The normalized spacial score (nSPS) is 13.6. The highest BCUT2D eigenvalue weighted by molar-refractivity contribution is 5.76. The molecule has 0 heterocycles. The molecule has 2 nitrogen and oxygen atoms in total. The summed E-state index contributed by atoms with van der Waals surface area (Å²) in [6.45, 7) is 2.10. The molecule has 17 heavy (non-hydrogen) atoms. The van der Waals surface area contributed by atoms with Crippen molar-refractivity contribution in [3.8, 4) is 0 Å². The van der Waals surface area contributed by atoms with Crippen molar-refractivity contribution in [2.45, 2.75) is 70.4 Å². The monoisotopic (exact) mass is 254 g/mol. The van der Waals surface area contributed by atoms with Crippen LogP contribution in [0.15, 0.2) is 0 Å². The lowest BCUT2D eigenvalue weighted by molar-refractivity contribution is -0.175. The zero-order valence-electron chi connectivity index (χ0n) is 10.2. The molecule has 1 N–H and O–H groups in total. The highest BCUT2D eigenvalue weighted by atomic mass is 19.3. The van der Waals surface area contributed by atoms with Gasteiger partial charge in [-0.3, -0.25) is 0 Å². The van der Waals surface area contributed by atoms with E-state index >= 15 is 0 Å². The molecule has 0 aromatic rings. The van der Waals surface area contributed by atoms with Crippen molar-refractivity contribution in [2.75, 3.05) is 0 Å². The Labute approximate surface area is 100 Å². The molecular formula is C12H21F3O2. The summed E-state index contributed by atoms with van der Waals surface area (Å²) in [7, 11) is 0. The van der Waals surface area contributed by atoms with Gasteiger partial charge in [0.2, 0.25) is 0 Å². The van der Waals surface area contributed by atoms with Crippen LogP contribution in [0, 0.1) is 0 Å². The largest absolute Gasteiger partial charge is 0.477 e. The van der Waals surface area contributed by atoms with Crippen LogP contribution in [0.25, 0.3) is 0 Å². The number of alkyl halides is 3. The van der Waals surface area contributed by atoms with Gasteiger partial charge >= 0.3 is 11.9 Å². The van der Waals surface area contributed by atoms with Gasteiger partial charge in [-0.15, -0.1) is 0 Å². The van der Waals surface area contributed by atoms with Gasteiger partial charge in [0.1, 0.15) is 0 Å². The molecule has 0 aliphatic carbocycles. The fourth-order valence-corrected chi connectivity index (χ4v) is 1.60. The summed E-state index contributed by atoms with van der Waals surface area (Å²) in [5.41, 5.74) is 0. The van der Waals surface area contributed by atoms with E-state index in [0.717, 1.165) is 32.1 Å². The second-order valence-electron chi connectivity index (χ2n) is 4.31. The van der Waals surface area contributed by atoms with Crippen molar-refractivity contribution in [3.63, 3.8) is 0 Å². The van der Waals surface area contributed by atoms with E-state index in [1.807, 2.05) is 0 Å². The lowest BCUT2D eigenvalue weighted by Crippen LogP contribution is -2.38. The lowest BCUT2D eigenvalue weighted by Gasteiger charge is -2.15. The minimum Gasteiger partial charge on any atom is -0.477 e. The van der Waals surface area contributed by atoms with Crippen molar-refractivity contribution >= 4 is 5.97 Å². The molecule has 0 bridgehead atoms. The van der Waals surface area contributed by atoms with Gasteiger partial charge in [-0.25, -0.2) is 9.18 Å². The van der Waals surface area contributed by atoms with Crippen LogP contribution in [0.3, 0.4) is 0 Å². The second-order valence-corrected chi connectivity index (χ2v) is 4.31. The number of unbranched alkanes of at least 4 members (excludes halogenated alkanes) is 6. The van der Waals surface area contributed by atoms with Crippen molar-refractivity contribution in [2.24, 2.45) is 0 Å². The third kappa shape index (κ3) is 6.54. The highest BCUT2D eigenvalue weighted by Crippen LogP contribution is 2.26. The van der Waals surface area contributed by atoms with Crippen molar-refractivity contribution in [1.82, 2.24) is 0 Å². The van der Waals surface area contributed by atoms with Gasteiger partial charge < -0.3 is 5.11 Å². The van der Waals surface area contributed by atoms with Crippen LogP contribution < -0.4 is 0 Å². The summed E-state index contributed by atoms with van der Waals surface area (Å²) < 4.78 is 38.2. The molecule has 0 saturated carbocycles. The van der Waals surface area contributed by atoms with Gasteiger partial charge in [0.15, 0.2) is 6.17 Å². The van der Waals surface area contributed by atoms with E-state index in [-0.39, 0.29) is 6.42 Å². The molecule has 1 atom stereocenters. The first-order valence-corrected chi connectivity index (χ1v) is 6.18. The van der Waals surface area contributed by atoms with Crippen LogP contribution in [0.1, 0.15) is 58.3 Å². The van der Waals surface area contributed by atoms with Crippen molar-refractivity contribution < 1.29 is 23.1 Å². The van der Waals surface area contributed by atoms with Gasteiger partial charge in [0, 0.05) is 0 Å². The molecule has 0 aliphatic heterocycles. The maximum absolute atomic E-state index is 12.9. The predicted molar refractivity (Wildman–Crippen MR) is 60.1 cm³/mol. The molecular weight excluding hydrogens is 233 g/mol. The zero-order valence-corrected chi connectivity index (χ0v) is 10.2. The van der Waals surface area contributed by atoms with Crippen LogP contribution in [0.5, 0.6) is 0 Å². The number of rotatable bonds is 10. The lowest BCUT2D eigenvalue weighted by atomic mass is 10.0. The topological polar surface area (TPSA) is 37.3 Å². The number of carboxylic acids is 1. The third-order valence-corrected chi connectivity index (χ3v) is 2.74. The Morgan fingerprint density at radius 3 is 2.06 bits per heavy atom. The zero-order chi connectivity index (χ0) is 13.3. The molecule has 0 aromatic carbocycles. The first kappa shape index (κ1) is 16.3. The minimum absolute atomic E-state index is 0.316. The molecule has 0 rings (SSSR count). The molecule has 0 spiro atoms.